The molecule has 17 heavy (non-hydrogen) atoms. The van der Waals surface area contributed by atoms with Crippen molar-refractivity contribution >= 4 is 5.97 Å². The van der Waals surface area contributed by atoms with E-state index < -0.39 is 37.1 Å². The van der Waals surface area contributed by atoms with Gasteiger partial charge in [0.2, 0.25) is 0 Å². The van der Waals surface area contributed by atoms with E-state index in [2.05, 4.69) is 4.98 Å². The van der Waals surface area contributed by atoms with E-state index in [4.69, 9.17) is 5.11 Å². The van der Waals surface area contributed by atoms with Crippen LogP contribution in [-0.2, 0) is 17.8 Å². The van der Waals surface area contributed by atoms with Crippen LogP contribution < -0.4 is 5.56 Å². The van der Waals surface area contributed by atoms with Crippen LogP contribution in [0.5, 0.6) is 0 Å². The first-order valence-electron chi connectivity index (χ1n) is 4.62. The summed E-state index contributed by atoms with van der Waals surface area (Å²) < 4.78 is 36.5. The fourth-order valence-electron chi connectivity index (χ4n) is 1.13. The first-order valence-corrected chi connectivity index (χ1v) is 4.62. The van der Waals surface area contributed by atoms with Crippen molar-refractivity contribution in [1.82, 2.24) is 9.55 Å². The lowest BCUT2D eigenvalue weighted by Gasteiger charge is -2.06. The van der Waals surface area contributed by atoms with E-state index >= 15 is 0 Å². The molecule has 1 N–H and O–H groups in total. The maximum Gasteiger partial charge on any atom is 0.389 e. The molecule has 0 bridgehead atoms. The molecule has 0 unspecified atom stereocenters. The van der Waals surface area contributed by atoms with Crippen LogP contribution in [0.3, 0.4) is 0 Å². The first-order chi connectivity index (χ1) is 7.78. The molecule has 8 heteroatoms. The van der Waals surface area contributed by atoms with E-state index in [1.165, 1.54) is 0 Å². The van der Waals surface area contributed by atoms with E-state index in [0.29, 0.717) is 0 Å². The summed E-state index contributed by atoms with van der Waals surface area (Å²) in [6.45, 7) is -0.564. The van der Waals surface area contributed by atoms with Crippen LogP contribution in [-0.4, -0.2) is 26.8 Å². The highest BCUT2D eigenvalue weighted by Gasteiger charge is 2.26. The molecule has 0 aliphatic rings. The standard InChI is InChI=1S/C9H9F3N2O3/c10-9(11,12)2-1-6-3-7(15)14(5-13-6)4-8(16)17/h3,5H,1-2,4H2,(H,16,17). The van der Waals surface area contributed by atoms with Gasteiger partial charge in [-0.15, -0.1) is 0 Å². The SMILES string of the molecule is O=C(O)Cn1cnc(CCC(F)(F)F)cc1=O. The molecule has 0 aliphatic carbocycles. The topological polar surface area (TPSA) is 72.2 Å². The fourth-order valence-corrected chi connectivity index (χ4v) is 1.13. The Labute approximate surface area is 93.5 Å². The maximum absolute atomic E-state index is 11.9. The fraction of sp³-hybridized carbons (Fsp3) is 0.444. The average Bonchev–Trinajstić information content (AvgIpc) is 2.17. The predicted molar refractivity (Wildman–Crippen MR) is 50.5 cm³/mol. The van der Waals surface area contributed by atoms with Crippen LogP contribution in [0.1, 0.15) is 12.1 Å². The Morgan fingerprint density at radius 2 is 2.12 bits per heavy atom. The zero-order valence-corrected chi connectivity index (χ0v) is 8.57. The molecule has 0 fully saturated rings. The minimum Gasteiger partial charge on any atom is -0.480 e. The highest BCUT2D eigenvalue weighted by Crippen LogP contribution is 2.20. The zero-order chi connectivity index (χ0) is 13.1. The van der Waals surface area contributed by atoms with Gasteiger partial charge in [0.1, 0.15) is 6.54 Å². The van der Waals surface area contributed by atoms with Crippen LogP contribution in [0.4, 0.5) is 13.2 Å². The second kappa shape index (κ2) is 4.98. The van der Waals surface area contributed by atoms with Crippen molar-refractivity contribution in [2.45, 2.75) is 25.6 Å². The molecule has 1 aromatic rings. The molecule has 5 nitrogen and oxygen atoms in total. The smallest absolute Gasteiger partial charge is 0.389 e. The molecular formula is C9H9F3N2O3. The summed E-state index contributed by atoms with van der Waals surface area (Å²) in [5, 5.41) is 8.43. The molecule has 1 aromatic heterocycles. The average molecular weight is 250 g/mol. The maximum atomic E-state index is 11.9. The third-order valence-electron chi connectivity index (χ3n) is 1.91. The van der Waals surface area contributed by atoms with Gasteiger partial charge < -0.3 is 5.11 Å². The third-order valence-corrected chi connectivity index (χ3v) is 1.91. The molecule has 1 rings (SSSR count). The number of aryl methyl sites for hydroxylation is 1. The molecule has 0 aromatic carbocycles. The Hall–Kier alpha value is -1.86. The van der Waals surface area contributed by atoms with Gasteiger partial charge in [0, 0.05) is 18.2 Å². The van der Waals surface area contributed by atoms with Gasteiger partial charge in [-0.1, -0.05) is 0 Å². The first kappa shape index (κ1) is 13.2. The van der Waals surface area contributed by atoms with Crippen LogP contribution in [0, 0.1) is 0 Å². The van der Waals surface area contributed by atoms with Crippen LogP contribution in [0.2, 0.25) is 0 Å². The molecule has 0 atom stereocenters. The summed E-state index contributed by atoms with van der Waals surface area (Å²) >= 11 is 0. The van der Waals surface area contributed by atoms with Gasteiger partial charge >= 0.3 is 12.1 Å². The number of aliphatic carboxylic acids is 1. The number of rotatable bonds is 4. The van der Waals surface area contributed by atoms with E-state index in [-0.39, 0.29) is 5.69 Å². The molecule has 0 amide bonds. The van der Waals surface area contributed by atoms with E-state index in [0.717, 1.165) is 17.0 Å². The highest BCUT2D eigenvalue weighted by molar-refractivity contribution is 5.66. The van der Waals surface area contributed by atoms with Gasteiger partial charge in [-0.3, -0.25) is 14.2 Å². The van der Waals surface area contributed by atoms with E-state index in [1.54, 1.807) is 0 Å². The summed E-state index contributed by atoms with van der Waals surface area (Å²) in [4.78, 5) is 25.2. The summed E-state index contributed by atoms with van der Waals surface area (Å²) in [5.74, 6) is -1.23. The van der Waals surface area contributed by atoms with Gasteiger partial charge in [-0.25, -0.2) is 4.98 Å². The lowest BCUT2D eigenvalue weighted by atomic mass is 10.2. The highest BCUT2D eigenvalue weighted by atomic mass is 19.4. The van der Waals surface area contributed by atoms with Gasteiger partial charge in [-0.05, 0) is 6.42 Å². The van der Waals surface area contributed by atoms with Crippen molar-refractivity contribution in [2.24, 2.45) is 0 Å². The number of carboxylic acids is 1. The normalized spacial score (nSPS) is 11.5. The Balaban J connectivity index is 2.76. The van der Waals surface area contributed by atoms with Crippen molar-refractivity contribution in [3.8, 4) is 0 Å². The molecule has 0 saturated heterocycles. The van der Waals surface area contributed by atoms with Gasteiger partial charge in [0.05, 0.1) is 6.33 Å². The number of hydrogen-bond donors (Lipinski definition) is 1. The summed E-state index contributed by atoms with van der Waals surface area (Å²) in [6, 6.07) is 0.911. The Morgan fingerprint density at radius 3 is 2.59 bits per heavy atom. The molecule has 0 radical (unpaired) electrons. The van der Waals surface area contributed by atoms with Crippen molar-refractivity contribution in [2.75, 3.05) is 0 Å². The van der Waals surface area contributed by atoms with Crippen molar-refractivity contribution in [3.63, 3.8) is 0 Å². The van der Waals surface area contributed by atoms with Crippen molar-refractivity contribution in [1.29, 1.82) is 0 Å². The predicted octanol–water partition coefficient (Wildman–Crippen LogP) is 0.823. The van der Waals surface area contributed by atoms with Gasteiger partial charge in [-0.2, -0.15) is 13.2 Å². The van der Waals surface area contributed by atoms with Crippen LogP contribution >= 0.6 is 0 Å². The lowest BCUT2D eigenvalue weighted by Crippen LogP contribution is -2.24. The van der Waals surface area contributed by atoms with Gasteiger partial charge in [0.25, 0.3) is 5.56 Å². The van der Waals surface area contributed by atoms with Crippen molar-refractivity contribution in [3.05, 3.63) is 28.4 Å². The van der Waals surface area contributed by atoms with Crippen LogP contribution in [0.15, 0.2) is 17.2 Å². The lowest BCUT2D eigenvalue weighted by molar-refractivity contribution is -0.137. The largest absolute Gasteiger partial charge is 0.480 e. The summed E-state index contributed by atoms with van der Waals surface area (Å²) in [6.07, 6.45) is -4.84. The number of carbonyl (C=O) groups is 1. The number of aromatic nitrogens is 2. The molecule has 1 heterocycles. The second-order valence-corrected chi connectivity index (χ2v) is 3.36. The second-order valence-electron chi connectivity index (χ2n) is 3.36. The summed E-state index contributed by atoms with van der Waals surface area (Å²) in [7, 11) is 0. The third kappa shape index (κ3) is 4.66. The minimum absolute atomic E-state index is 0.00559. The minimum atomic E-state index is -4.31. The molecule has 0 saturated carbocycles. The molecule has 94 valence electrons. The van der Waals surface area contributed by atoms with Crippen LogP contribution in [0.25, 0.3) is 0 Å². The van der Waals surface area contributed by atoms with Crippen molar-refractivity contribution < 1.29 is 23.1 Å². The van der Waals surface area contributed by atoms with Gasteiger partial charge in [0.15, 0.2) is 0 Å². The van der Waals surface area contributed by atoms with E-state index in [1.807, 2.05) is 0 Å². The number of hydrogen-bond acceptors (Lipinski definition) is 3. The number of halogens is 3. The Kier molecular flexibility index (Phi) is 3.87. The monoisotopic (exact) mass is 250 g/mol. The molecular weight excluding hydrogens is 241 g/mol. The number of carboxylic acid groups (broad SMARTS) is 1. The summed E-state index contributed by atoms with van der Waals surface area (Å²) in [5.41, 5.74) is -0.687. The van der Waals surface area contributed by atoms with E-state index in [9.17, 15) is 22.8 Å². The number of alkyl halides is 3. The molecule has 0 aliphatic heterocycles. The Morgan fingerprint density at radius 1 is 1.47 bits per heavy atom. The zero-order valence-electron chi connectivity index (χ0n) is 8.57. The Bertz CT molecular complexity index is 467. The number of nitrogens with zero attached hydrogens (tertiary/aromatic N) is 2. The molecule has 0 spiro atoms. The quantitative estimate of drug-likeness (QED) is 0.858.